The average molecular weight is 254 g/mol. The van der Waals surface area contributed by atoms with Crippen LogP contribution in [0.1, 0.15) is 18.7 Å². The number of nitriles is 1. The number of rotatable bonds is 4. The third kappa shape index (κ3) is 1.91. The summed E-state index contributed by atoms with van der Waals surface area (Å²) in [5, 5.41) is 12.9. The molecular formula is C15H18N4. The van der Waals surface area contributed by atoms with Gasteiger partial charge in [-0.25, -0.2) is 4.98 Å². The molecule has 2 aromatic rings. The predicted octanol–water partition coefficient (Wildman–Crippen LogP) is 2.24. The summed E-state index contributed by atoms with van der Waals surface area (Å²) >= 11 is 0. The highest BCUT2D eigenvalue weighted by Crippen LogP contribution is 2.40. The van der Waals surface area contributed by atoms with Crippen molar-refractivity contribution in [3.05, 3.63) is 30.1 Å². The lowest BCUT2D eigenvalue weighted by Crippen LogP contribution is -2.47. The molecule has 0 spiro atoms. The Kier molecular flexibility index (Phi) is 2.79. The minimum atomic E-state index is -0.464. The lowest BCUT2D eigenvalue weighted by Gasteiger charge is -2.27. The topological polar surface area (TPSA) is 53.6 Å². The van der Waals surface area contributed by atoms with E-state index in [2.05, 4.69) is 27.0 Å². The molecule has 0 saturated heterocycles. The summed E-state index contributed by atoms with van der Waals surface area (Å²) < 4.78 is 2.16. The maximum atomic E-state index is 9.60. The van der Waals surface area contributed by atoms with Gasteiger partial charge in [0.1, 0.15) is 11.4 Å². The van der Waals surface area contributed by atoms with Crippen molar-refractivity contribution in [1.29, 1.82) is 5.26 Å². The molecule has 1 fully saturated rings. The molecule has 4 heteroatoms. The summed E-state index contributed by atoms with van der Waals surface area (Å²) in [7, 11) is 1.88. The lowest BCUT2D eigenvalue weighted by molar-refractivity contribution is 0.342. The summed E-state index contributed by atoms with van der Waals surface area (Å²) in [6.07, 6.45) is 2.28. The minimum Gasteiger partial charge on any atom is -0.325 e. The Bertz CT molecular complexity index is 648. The quantitative estimate of drug-likeness (QED) is 0.910. The van der Waals surface area contributed by atoms with E-state index in [0.29, 0.717) is 12.5 Å². The Morgan fingerprint density at radius 3 is 2.84 bits per heavy atom. The Balaban J connectivity index is 2.05. The molecule has 0 aliphatic heterocycles. The second-order valence-electron chi connectivity index (χ2n) is 5.34. The number of nitrogens with one attached hydrogen (secondary N) is 1. The maximum absolute atomic E-state index is 9.60. The summed E-state index contributed by atoms with van der Waals surface area (Å²) in [6, 6.07) is 10.6. The number of hydrogen-bond acceptors (Lipinski definition) is 3. The SMILES string of the molecule is CNC(C#N)(Cn1c(C)nc2ccccc21)C1CC1. The Labute approximate surface area is 113 Å². The number of aromatic nitrogens is 2. The zero-order chi connectivity index (χ0) is 13.5. The van der Waals surface area contributed by atoms with Crippen LogP contribution in [0.5, 0.6) is 0 Å². The number of fused-ring (bicyclic) bond motifs is 1. The highest BCUT2D eigenvalue weighted by atomic mass is 15.1. The molecule has 3 rings (SSSR count). The summed E-state index contributed by atoms with van der Waals surface area (Å²) in [4.78, 5) is 4.57. The smallest absolute Gasteiger partial charge is 0.127 e. The number of benzene rings is 1. The average Bonchev–Trinajstić information content (AvgIpc) is 3.23. The molecule has 4 nitrogen and oxygen atoms in total. The molecule has 0 bridgehead atoms. The van der Waals surface area contributed by atoms with Gasteiger partial charge in [-0.15, -0.1) is 0 Å². The van der Waals surface area contributed by atoms with Crippen LogP contribution in [-0.2, 0) is 6.54 Å². The van der Waals surface area contributed by atoms with Crippen LogP contribution in [0.15, 0.2) is 24.3 Å². The van der Waals surface area contributed by atoms with Gasteiger partial charge in [-0.2, -0.15) is 5.26 Å². The zero-order valence-corrected chi connectivity index (χ0v) is 11.3. The van der Waals surface area contributed by atoms with Crippen LogP contribution in [0.2, 0.25) is 0 Å². The molecule has 1 aromatic heterocycles. The van der Waals surface area contributed by atoms with E-state index in [4.69, 9.17) is 0 Å². The monoisotopic (exact) mass is 254 g/mol. The molecule has 1 N–H and O–H groups in total. The molecule has 1 saturated carbocycles. The van der Waals surface area contributed by atoms with E-state index < -0.39 is 5.54 Å². The van der Waals surface area contributed by atoms with E-state index in [1.165, 1.54) is 0 Å². The van der Waals surface area contributed by atoms with E-state index in [1.54, 1.807) is 0 Å². The number of nitrogens with zero attached hydrogens (tertiary/aromatic N) is 3. The van der Waals surface area contributed by atoms with Crippen LogP contribution in [0.3, 0.4) is 0 Å². The van der Waals surface area contributed by atoms with Crippen molar-refractivity contribution in [3.8, 4) is 6.07 Å². The van der Waals surface area contributed by atoms with Crippen molar-refractivity contribution < 1.29 is 0 Å². The highest BCUT2D eigenvalue weighted by Gasteiger charge is 2.45. The van der Waals surface area contributed by atoms with Crippen LogP contribution in [0.4, 0.5) is 0 Å². The van der Waals surface area contributed by atoms with Crippen LogP contribution in [0, 0.1) is 24.2 Å². The second-order valence-corrected chi connectivity index (χ2v) is 5.34. The molecular weight excluding hydrogens is 236 g/mol. The van der Waals surface area contributed by atoms with E-state index in [0.717, 1.165) is 29.7 Å². The third-order valence-electron chi connectivity index (χ3n) is 4.17. The van der Waals surface area contributed by atoms with E-state index >= 15 is 0 Å². The normalized spacial score (nSPS) is 18.2. The van der Waals surface area contributed by atoms with Gasteiger partial charge in [-0.3, -0.25) is 0 Å². The number of para-hydroxylation sites is 2. The van der Waals surface area contributed by atoms with E-state index in [1.807, 2.05) is 32.2 Å². The van der Waals surface area contributed by atoms with Gasteiger partial charge in [0.15, 0.2) is 0 Å². The molecule has 1 aliphatic rings. The summed E-state index contributed by atoms with van der Waals surface area (Å²) in [5.41, 5.74) is 1.64. The highest BCUT2D eigenvalue weighted by molar-refractivity contribution is 5.75. The van der Waals surface area contributed by atoms with Crippen molar-refractivity contribution in [2.75, 3.05) is 7.05 Å². The van der Waals surface area contributed by atoms with Crippen LogP contribution in [-0.4, -0.2) is 22.1 Å². The van der Waals surface area contributed by atoms with Crippen LogP contribution in [0.25, 0.3) is 11.0 Å². The van der Waals surface area contributed by atoms with E-state index in [-0.39, 0.29) is 0 Å². The van der Waals surface area contributed by atoms with Gasteiger partial charge in [0.25, 0.3) is 0 Å². The molecule has 0 radical (unpaired) electrons. The molecule has 0 amide bonds. The molecule has 19 heavy (non-hydrogen) atoms. The first-order chi connectivity index (χ1) is 9.20. The Morgan fingerprint density at radius 2 is 2.21 bits per heavy atom. The van der Waals surface area contributed by atoms with Gasteiger partial charge >= 0.3 is 0 Å². The predicted molar refractivity (Wildman–Crippen MR) is 74.6 cm³/mol. The Hall–Kier alpha value is -1.86. The fraction of sp³-hybridized carbons (Fsp3) is 0.467. The van der Waals surface area contributed by atoms with Gasteiger partial charge in [-0.1, -0.05) is 12.1 Å². The van der Waals surface area contributed by atoms with Crippen molar-refractivity contribution in [2.24, 2.45) is 5.92 Å². The van der Waals surface area contributed by atoms with Crippen molar-refractivity contribution >= 4 is 11.0 Å². The maximum Gasteiger partial charge on any atom is 0.127 e. The molecule has 98 valence electrons. The first-order valence-corrected chi connectivity index (χ1v) is 6.72. The fourth-order valence-electron chi connectivity index (χ4n) is 2.82. The van der Waals surface area contributed by atoms with E-state index in [9.17, 15) is 5.26 Å². The molecule has 1 unspecified atom stereocenters. The van der Waals surface area contributed by atoms with Crippen molar-refractivity contribution in [1.82, 2.24) is 14.9 Å². The lowest BCUT2D eigenvalue weighted by atomic mass is 9.95. The first-order valence-electron chi connectivity index (χ1n) is 6.72. The van der Waals surface area contributed by atoms with Crippen LogP contribution >= 0.6 is 0 Å². The van der Waals surface area contributed by atoms with Crippen LogP contribution < -0.4 is 5.32 Å². The third-order valence-corrected chi connectivity index (χ3v) is 4.17. The number of imidazole rings is 1. The standard InChI is InChI=1S/C15H18N4/c1-11-18-13-5-3-4-6-14(13)19(11)10-15(9-16,17-2)12-7-8-12/h3-6,12,17H,7-8,10H2,1-2H3. The minimum absolute atomic E-state index is 0.461. The van der Waals surface area contributed by atoms with Crippen molar-refractivity contribution in [2.45, 2.75) is 31.8 Å². The number of aryl methyl sites for hydroxylation is 1. The van der Waals surface area contributed by atoms with Gasteiger partial charge in [0, 0.05) is 0 Å². The molecule has 1 heterocycles. The Morgan fingerprint density at radius 1 is 1.47 bits per heavy atom. The number of likely N-dealkylation sites (N-methyl/N-ethyl adjacent to an activating group) is 1. The van der Waals surface area contributed by atoms with Gasteiger partial charge in [0.05, 0.1) is 23.6 Å². The molecule has 1 atom stereocenters. The second kappa shape index (κ2) is 4.36. The summed E-state index contributed by atoms with van der Waals surface area (Å²) in [6.45, 7) is 2.67. The van der Waals surface area contributed by atoms with Gasteiger partial charge in [-0.05, 0) is 44.9 Å². The van der Waals surface area contributed by atoms with Gasteiger partial charge in [0.2, 0.25) is 0 Å². The van der Waals surface area contributed by atoms with Gasteiger partial charge < -0.3 is 9.88 Å². The molecule has 1 aliphatic carbocycles. The molecule has 1 aromatic carbocycles. The summed E-state index contributed by atoms with van der Waals surface area (Å²) in [5.74, 6) is 1.43. The number of hydrogen-bond donors (Lipinski definition) is 1. The largest absolute Gasteiger partial charge is 0.325 e. The first kappa shape index (κ1) is 12.2. The fourth-order valence-corrected chi connectivity index (χ4v) is 2.82. The zero-order valence-electron chi connectivity index (χ0n) is 11.3. The van der Waals surface area contributed by atoms with Crippen molar-refractivity contribution in [3.63, 3.8) is 0 Å².